The summed E-state index contributed by atoms with van der Waals surface area (Å²) in [4.78, 5) is 6.47. The predicted molar refractivity (Wildman–Crippen MR) is 71.7 cm³/mol. The minimum absolute atomic E-state index is 0.343. The lowest BCUT2D eigenvalue weighted by atomic mass is 10.2. The van der Waals surface area contributed by atoms with Crippen LogP contribution in [0.25, 0.3) is 0 Å². The lowest BCUT2D eigenvalue weighted by molar-refractivity contribution is 0.116. The Labute approximate surface area is 109 Å². The first-order valence-electron chi connectivity index (χ1n) is 6.67. The van der Waals surface area contributed by atoms with Crippen molar-refractivity contribution in [1.82, 2.24) is 4.98 Å². The van der Waals surface area contributed by atoms with Crippen molar-refractivity contribution < 1.29 is 9.84 Å². The van der Waals surface area contributed by atoms with E-state index in [0.29, 0.717) is 12.5 Å². The largest absolute Gasteiger partial charge is 0.387 e. The normalized spacial score (nSPS) is 20.9. The SMILES string of the molecule is CCC(O)c1ccc(N(C)CC2CCCO2)cn1. The van der Waals surface area contributed by atoms with Crippen molar-refractivity contribution in [3.05, 3.63) is 24.0 Å². The fourth-order valence-electron chi connectivity index (χ4n) is 2.23. The Morgan fingerprint density at radius 3 is 2.94 bits per heavy atom. The molecule has 0 bridgehead atoms. The van der Waals surface area contributed by atoms with Crippen LogP contribution in [0.2, 0.25) is 0 Å². The highest BCUT2D eigenvalue weighted by atomic mass is 16.5. The van der Waals surface area contributed by atoms with E-state index in [1.54, 1.807) is 0 Å². The van der Waals surface area contributed by atoms with Crippen LogP contribution in [-0.4, -0.2) is 36.4 Å². The summed E-state index contributed by atoms with van der Waals surface area (Å²) >= 11 is 0. The average Bonchev–Trinajstić information content (AvgIpc) is 2.91. The van der Waals surface area contributed by atoms with E-state index in [9.17, 15) is 5.11 Å². The van der Waals surface area contributed by atoms with Crippen LogP contribution < -0.4 is 4.90 Å². The molecule has 1 aliphatic rings. The fraction of sp³-hybridized carbons (Fsp3) is 0.643. The molecule has 4 heteroatoms. The fourth-order valence-corrected chi connectivity index (χ4v) is 2.23. The molecule has 18 heavy (non-hydrogen) atoms. The molecule has 0 radical (unpaired) electrons. The van der Waals surface area contributed by atoms with Gasteiger partial charge in [0.05, 0.1) is 29.8 Å². The van der Waals surface area contributed by atoms with Crippen LogP contribution in [-0.2, 0) is 4.74 Å². The second-order valence-electron chi connectivity index (χ2n) is 4.88. The van der Waals surface area contributed by atoms with Gasteiger partial charge in [0.1, 0.15) is 0 Å². The number of anilines is 1. The number of pyridine rings is 1. The number of nitrogens with zero attached hydrogens (tertiary/aromatic N) is 2. The molecule has 2 unspecified atom stereocenters. The maximum absolute atomic E-state index is 9.69. The van der Waals surface area contributed by atoms with Crippen LogP contribution in [0.3, 0.4) is 0 Å². The lowest BCUT2D eigenvalue weighted by Crippen LogP contribution is -2.28. The molecule has 1 aromatic heterocycles. The Morgan fingerprint density at radius 2 is 2.39 bits per heavy atom. The molecule has 0 amide bonds. The Kier molecular flexibility index (Phi) is 4.55. The zero-order valence-corrected chi connectivity index (χ0v) is 11.2. The van der Waals surface area contributed by atoms with E-state index in [2.05, 4.69) is 16.9 Å². The van der Waals surface area contributed by atoms with Crippen LogP contribution in [0.15, 0.2) is 18.3 Å². The summed E-state index contributed by atoms with van der Waals surface area (Å²) in [5.41, 5.74) is 1.81. The van der Waals surface area contributed by atoms with Crippen molar-refractivity contribution in [2.24, 2.45) is 0 Å². The summed E-state index contributed by atoms with van der Waals surface area (Å²) in [6.07, 6.45) is 4.71. The number of aromatic nitrogens is 1. The Bertz CT molecular complexity index is 361. The first-order chi connectivity index (χ1) is 8.70. The van der Waals surface area contributed by atoms with Gasteiger partial charge in [-0.05, 0) is 31.4 Å². The van der Waals surface area contributed by atoms with Crippen LogP contribution in [0.4, 0.5) is 5.69 Å². The van der Waals surface area contributed by atoms with E-state index in [1.807, 2.05) is 25.3 Å². The van der Waals surface area contributed by atoms with E-state index in [4.69, 9.17) is 4.74 Å². The number of likely N-dealkylation sites (N-methyl/N-ethyl adjacent to an activating group) is 1. The molecule has 1 aromatic rings. The number of hydrogen-bond acceptors (Lipinski definition) is 4. The zero-order chi connectivity index (χ0) is 13.0. The van der Waals surface area contributed by atoms with E-state index in [0.717, 1.165) is 31.0 Å². The minimum Gasteiger partial charge on any atom is -0.387 e. The van der Waals surface area contributed by atoms with Gasteiger partial charge in [-0.1, -0.05) is 6.92 Å². The maximum atomic E-state index is 9.69. The topological polar surface area (TPSA) is 45.6 Å². The van der Waals surface area contributed by atoms with Crippen LogP contribution >= 0.6 is 0 Å². The van der Waals surface area contributed by atoms with Crippen LogP contribution in [0, 0.1) is 0 Å². The molecule has 0 aliphatic carbocycles. The zero-order valence-electron chi connectivity index (χ0n) is 11.2. The summed E-state index contributed by atoms with van der Waals surface area (Å²) in [5.74, 6) is 0. The summed E-state index contributed by atoms with van der Waals surface area (Å²) in [6.45, 7) is 3.74. The van der Waals surface area contributed by atoms with E-state index >= 15 is 0 Å². The van der Waals surface area contributed by atoms with Gasteiger partial charge in [-0.3, -0.25) is 4.98 Å². The molecule has 0 aromatic carbocycles. The third kappa shape index (κ3) is 3.21. The molecule has 0 spiro atoms. The molecule has 1 saturated heterocycles. The molecule has 1 aliphatic heterocycles. The molecule has 1 N–H and O–H groups in total. The van der Waals surface area contributed by atoms with Crippen LogP contribution in [0.5, 0.6) is 0 Å². The minimum atomic E-state index is -0.456. The van der Waals surface area contributed by atoms with Gasteiger partial charge >= 0.3 is 0 Å². The quantitative estimate of drug-likeness (QED) is 0.869. The van der Waals surface area contributed by atoms with Gasteiger partial charge in [0, 0.05) is 20.2 Å². The standard InChI is InChI=1S/C14H22N2O2/c1-3-14(17)13-7-6-11(9-15-13)16(2)10-12-5-4-8-18-12/h6-7,9,12,14,17H,3-5,8,10H2,1-2H3. The first-order valence-corrected chi connectivity index (χ1v) is 6.67. The van der Waals surface area contributed by atoms with Crippen molar-refractivity contribution in [2.45, 2.75) is 38.4 Å². The van der Waals surface area contributed by atoms with E-state index in [-0.39, 0.29) is 0 Å². The molecule has 100 valence electrons. The van der Waals surface area contributed by atoms with Gasteiger partial charge in [-0.15, -0.1) is 0 Å². The summed E-state index contributed by atoms with van der Waals surface area (Å²) in [5, 5.41) is 9.69. The third-order valence-corrected chi connectivity index (χ3v) is 3.44. The number of hydrogen-bond donors (Lipinski definition) is 1. The molecule has 2 rings (SSSR count). The van der Waals surface area contributed by atoms with Crippen molar-refractivity contribution in [3.8, 4) is 0 Å². The summed E-state index contributed by atoms with van der Waals surface area (Å²) in [6, 6.07) is 3.91. The number of ether oxygens (including phenoxy) is 1. The molecule has 2 heterocycles. The van der Waals surface area contributed by atoms with E-state index in [1.165, 1.54) is 6.42 Å². The summed E-state index contributed by atoms with van der Waals surface area (Å²) in [7, 11) is 2.05. The highest BCUT2D eigenvalue weighted by Crippen LogP contribution is 2.19. The van der Waals surface area contributed by atoms with Crippen molar-refractivity contribution in [3.63, 3.8) is 0 Å². The second-order valence-corrected chi connectivity index (χ2v) is 4.88. The van der Waals surface area contributed by atoms with Crippen molar-refractivity contribution >= 4 is 5.69 Å². The predicted octanol–water partition coefficient (Wildman–Crippen LogP) is 2.14. The molecule has 0 saturated carbocycles. The number of aliphatic hydroxyl groups excluding tert-OH is 1. The Hall–Kier alpha value is -1.13. The molecule has 2 atom stereocenters. The first kappa shape index (κ1) is 13.3. The highest BCUT2D eigenvalue weighted by Gasteiger charge is 2.17. The smallest absolute Gasteiger partial charge is 0.0957 e. The number of rotatable bonds is 5. The Morgan fingerprint density at radius 1 is 1.56 bits per heavy atom. The van der Waals surface area contributed by atoms with Crippen molar-refractivity contribution in [1.29, 1.82) is 0 Å². The molecular formula is C14H22N2O2. The van der Waals surface area contributed by atoms with Crippen LogP contribution in [0.1, 0.15) is 38.0 Å². The van der Waals surface area contributed by atoms with Gasteiger partial charge in [0.25, 0.3) is 0 Å². The molecule has 4 nitrogen and oxygen atoms in total. The van der Waals surface area contributed by atoms with Gasteiger partial charge < -0.3 is 14.7 Å². The highest BCUT2D eigenvalue weighted by molar-refractivity contribution is 5.44. The Balaban J connectivity index is 1.95. The average molecular weight is 250 g/mol. The van der Waals surface area contributed by atoms with Gasteiger partial charge in [-0.25, -0.2) is 0 Å². The number of aliphatic hydroxyl groups is 1. The molecular weight excluding hydrogens is 228 g/mol. The van der Waals surface area contributed by atoms with Crippen molar-refractivity contribution in [2.75, 3.05) is 25.1 Å². The van der Waals surface area contributed by atoms with Gasteiger partial charge in [-0.2, -0.15) is 0 Å². The lowest BCUT2D eigenvalue weighted by Gasteiger charge is -2.22. The maximum Gasteiger partial charge on any atom is 0.0957 e. The molecule has 1 fully saturated rings. The summed E-state index contributed by atoms with van der Waals surface area (Å²) < 4.78 is 5.62. The third-order valence-electron chi connectivity index (χ3n) is 3.44. The van der Waals surface area contributed by atoms with Gasteiger partial charge in [0.2, 0.25) is 0 Å². The van der Waals surface area contributed by atoms with Gasteiger partial charge in [0.15, 0.2) is 0 Å². The van der Waals surface area contributed by atoms with E-state index < -0.39 is 6.10 Å². The second kappa shape index (κ2) is 6.16. The monoisotopic (exact) mass is 250 g/mol.